The predicted octanol–water partition coefficient (Wildman–Crippen LogP) is 2.69. The molecule has 1 heterocycles. The third kappa shape index (κ3) is 3.71. The van der Waals surface area contributed by atoms with Crippen molar-refractivity contribution >= 4 is 25.8 Å². The van der Waals surface area contributed by atoms with Gasteiger partial charge in [-0.2, -0.15) is 4.98 Å². The van der Waals surface area contributed by atoms with Gasteiger partial charge in [0.1, 0.15) is 9.84 Å². The molecule has 0 unspecified atom stereocenters. The summed E-state index contributed by atoms with van der Waals surface area (Å²) in [7, 11) is -3.00. The van der Waals surface area contributed by atoms with Gasteiger partial charge in [-0.1, -0.05) is 33.2 Å². The lowest BCUT2D eigenvalue weighted by Crippen LogP contribution is -2.06. The first-order chi connectivity index (χ1) is 9.92. The Labute approximate surface area is 131 Å². The van der Waals surface area contributed by atoms with Gasteiger partial charge in [0.25, 0.3) is 0 Å². The first-order valence-corrected chi connectivity index (χ1v) is 9.53. The van der Waals surface area contributed by atoms with Crippen molar-refractivity contribution in [2.24, 2.45) is 0 Å². The molecule has 7 heteroatoms. The van der Waals surface area contributed by atoms with Crippen LogP contribution in [-0.4, -0.2) is 30.6 Å². The second-order valence-corrected chi connectivity index (χ2v) is 8.60. The van der Waals surface area contributed by atoms with Gasteiger partial charge in [0, 0.05) is 23.1 Å². The molecule has 112 valence electrons. The molecule has 21 heavy (non-hydrogen) atoms. The van der Waals surface area contributed by atoms with E-state index in [0.29, 0.717) is 24.1 Å². The lowest BCUT2D eigenvalue weighted by molar-refractivity contribution is 0.373. The van der Waals surface area contributed by atoms with Crippen molar-refractivity contribution in [1.82, 2.24) is 10.1 Å². The number of benzene rings is 1. The number of halogens is 1. The maximum absolute atomic E-state index is 11.1. The molecule has 1 aliphatic carbocycles. The summed E-state index contributed by atoms with van der Waals surface area (Å²) in [6, 6.07) is 8.23. The van der Waals surface area contributed by atoms with Gasteiger partial charge in [0.05, 0.1) is 5.75 Å². The normalized spacial score (nSPS) is 21.4. The molecular weight excluding hydrogens is 356 g/mol. The van der Waals surface area contributed by atoms with Crippen molar-refractivity contribution in [1.29, 1.82) is 0 Å². The molecule has 0 saturated heterocycles. The highest BCUT2D eigenvalue weighted by Gasteiger charge is 2.43. The van der Waals surface area contributed by atoms with Gasteiger partial charge in [0.15, 0.2) is 5.82 Å². The van der Waals surface area contributed by atoms with Gasteiger partial charge in [-0.25, -0.2) is 8.42 Å². The van der Waals surface area contributed by atoms with E-state index in [2.05, 4.69) is 38.2 Å². The van der Waals surface area contributed by atoms with Crippen LogP contribution in [0.3, 0.4) is 0 Å². The van der Waals surface area contributed by atoms with Crippen molar-refractivity contribution in [3.8, 4) is 0 Å². The third-order valence-corrected chi connectivity index (χ3v) is 5.06. The molecule has 1 aromatic carbocycles. The van der Waals surface area contributed by atoms with E-state index < -0.39 is 9.84 Å². The summed E-state index contributed by atoms with van der Waals surface area (Å²) in [5, 5.41) is 3.86. The van der Waals surface area contributed by atoms with Crippen LogP contribution in [0, 0.1) is 0 Å². The highest BCUT2D eigenvalue weighted by Crippen LogP contribution is 2.54. The van der Waals surface area contributed by atoms with Gasteiger partial charge in [0.2, 0.25) is 5.89 Å². The van der Waals surface area contributed by atoms with E-state index in [1.807, 2.05) is 12.1 Å². The highest BCUT2D eigenvalue weighted by atomic mass is 79.9. The largest absolute Gasteiger partial charge is 0.339 e. The van der Waals surface area contributed by atoms with Crippen molar-refractivity contribution < 1.29 is 12.9 Å². The Morgan fingerprint density at radius 1 is 1.29 bits per heavy atom. The molecule has 0 aliphatic heterocycles. The van der Waals surface area contributed by atoms with Crippen LogP contribution >= 0.6 is 15.9 Å². The third-order valence-electron chi connectivity index (χ3n) is 3.59. The molecule has 0 N–H and O–H groups in total. The summed E-state index contributed by atoms with van der Waals surface area (Å²) < 4.78 is 28.6. The van der Waals surface area contributed by atoms with Gasteiger partial charge in [-0.05, 0) is 30.0 Å². The molecule has 3 rings (SSSR count). The van der Waals surface area contributed by atoms with Crippen LogP contribution in [0.4, 0.5) is 0 Å². The number of rotatable bonds is 5. The molecule has 5 nitrogen and oxygen atoms in total. The Morgan fingerprint density at radius 3 is 2.67 bits per heavy atom. The average molecular weight is 371 g/mol. The van der Waals surface area contributed by atoms with Crippen LogP contribution < -0.4 is 0 Å². The van der Waals surface area contributed by atoms with E-state index in [1.165, 1.54) is 11.8 Å². The van der Waals surface area contributed by atoms with Gasteiger partial charge < -0.3 is 4.52 Å². The summed E-state index contributed by atoms with van der Waals surface area (Å²) in [6.45, 7) is 0. The molecule has 0 radical (unpaired) electrons. The first-order valence-electron chi connectivity index (χ1n) is 6.68. The van der Waals surface area contributed by atoms with Gasteiger partial charge in [-0.3, -0.25) is 0 Å². The molecule has 1 fully saturated rings. The second kappa shape index (κ2) is 5.53. The maximum atomic E-state index is 11.1. The molecule has 1 saturated carbocycles. The average Bonchev–Trinajstić information content (AvgIpc) is 3.07. The monoisotopic (exact) mass is 370 g/mol. The van der Waals surface area contributed by atoms with Crippen LogP contribution in [0.15, 0.2) is 33.3 Å². The van der Waals surface area contributed by atoms with Crippen molar-refractivity contribution in [3.63, 3.8) is 0 Å². The zero-order chi connectivity index (χ0) is 15.0. The van der Waals surface area contributed by atoms with Crippen molar-refractivity contribution in [2.75, 3.05) is 12.0 Å². The Balaban J connectivity index is 1.64. The molecule has 1 aromatic heterocycles. The van der Waals surface area contributed by atoms with Crippen LogP contribution in [0.5, 0.6) is 0 Å². The fourth-order valence-electron chi connectivity index (χ4n) is 2.34. The minimum atomic E-state index is -3.00. The standard InChI is InChI=1S/C14H15BrN2O3S/c1-21(18,19)7-6-13-16-14(20-17-13)12-8-11(12)9-2-4-10(15)5-3-9/h2-5,11-12H,6-8H2,1H3/t11-,12+/m0/s1. The van der Waals surface area contributed by atoms with E-state index in [9.17, 15) is 8.42 Å². The van der Waals surface area contributed by atoms with Gasteiger partial charge >= 0.3 is 0 Å². The van der Waals surface area contributed by atoms with Crippen LogP contribution in [0.2, 0.25) is 0 Å². The number of nitrogens with zero attached hydrogens (tertiary/aromatic N) is 2. The zero-order valence-corrected chi connectivity index (χ0v) is 13.9. The molecule has 2 atom stereocenters. The summed E-state index contributed by atoms with van der Waals surface area (Å²) in [6.07, 6.45) is 2.51. The summed E-state index contributed by atoms with van der Waals surface area (Å²) in [4.78, 5) is 4.32. The molecule has 0 bridgehead atoms. The van der Waals surface area contributed by atoms with Crippen LogP contribution in [0.1, 0.15) is 35.5 Å². The van der Waals surface area contributed by atoms with E-state index in [0.717, 1.165) is 10.9 Å². The summed E-state index contributed by atoms with van der Waals surface area (Å²) >= 11 is 3.42. The van der Waals surface area contributed by atoms with Crippen LogP contribution in [0.25, 0.3) is 0 Å². The first kappa shape index (κ1) is 14.7. The SMILES string of the molecule is CS(=O)(=O)CCc1noc([C@@H]2C[C@H]2c2ccc(Br)cc2)n1. The topological polar surface area (TPSA) is 73.1 Å². The van der Waals surface area contributed by atoms with E-state index >= 15 is 0 Å². The van der Waals surface area contributed by atoms with Crippen molar-refractivity contribution in [3.05, 3.63) is 46.0 Å². The second-order valence-electron chi connectivity index (χ2n) is 5.43. The number of hydrogen-bond acceptors (Lipinski definition) is 5. The van der Waals surface area contributed by atoms with E-state index in [1.54, 1.807) is 0 Å². The lowest BCUT2D eigenvalue weighted by Gasteiger charge is -1.98. The molecule has 1 aliphatic rings. The number of aryl methyl sites for hydroxylation is 1. The smallest absolute Gasteiger partial charge is 0.230 e. The fraction of sp³-hybridized carbons (Fsp3) is 0.429. The molecular formula is C14H15BrN2O3S. The van der Waals surface area contributed by atoms with E-state index in [4.69, 9.17) is 4.52 Å². The van der Waals surface area contributed by atoms with Gasteiger partial charge in [-0.15, -0.1) is 0 Å². The molecule has 0 amide bonds. The minimum Gasteiger partial charge on any atom is -0.339 e. The predicted molar refractivity (Wildman–Crippen MR) is 82.0 cm³/mol. The highest BCUT2D eigenvalue weighted by molar-refractivity contribution is 9.10. The Kier molecular flexibility index (Phi) is 3.88. The number of sulfone groups is 1. The quantitative estimate of drug-likeness (QED) is 0.808. The minimum absolute atomic E-state index is 0.0484. The molecule has 0 spiro atoms. The Hall–Kier alpha value is -1.21. The van der Waals surface area contributed by atoms with Crippen LogP contribution in [-0.2, 0) is 16.3 Å². The van der Waals surface area contributed by atoms with E-state index in [-0.39, 0.29) is 11.7 Å². The zero-order valence-electron chi connectivity index (χ0n) is 11.5. The van der Waals surface area contributed by atoms with Crippen molar-refractivity contribution in [2.45, 2.75) is 24.7 Å². The summed E-state index contributed by atoms with van der Waals surface area (Å²) in [5.74, 6) is 1.81. The number of hydrogen-bond donors (Lipinski definition) is 0. The summed E-state index contributed by atoms with van der Waals surface area (Å²) in [5.41, 5.74) is 1.26. The number of aromatic nitrogens is 2. The molecule has 2 aromatic rings. The maximum Gasteiger partial charge on any atom is 0.230 e. The fourth-order valence-corrected chi connectivity index (χ4v) is 3.16. The Bertz CT molecular complexity index is 740. The lowest BCUT2D eigenvalue weighted by atomic mass is 10.1. The Morgan fingerprint density at radius 2 is 2.00 bits per heavy atom.